The van der Waals surface area contributed by atoms with Gasteiger partial charge in [-0.05, 0) is 18.2 Å². The standard InChI is InChI=1S/C13H16N2O5S/c1-3-14-21(18,19)9-4-5-11(20-2)10(8-9)15-12(16)6-7-13(15)17/h4-5,8,14H,3,6-7H2,1-2H3. The summed E-state index contributed by atoms with van der Waals surface area (Å²) >= 11 is 0. The molecule has 1 saturated heterocycles. The van der Waals surface area contributed by atoms with E-state index in [4.69, 9.17) is 4.74 Å². The fraction of sp³-hybridized carbons (Fsp3) is 0.385. The third-order valence-electron chi connectivity index (χ3n) is 3.09. The van der Waals surface area contributed by atoms with Crippen molar-refractivity contribution in [1.29, 1.82) is 0 Å². The van der Waals surface area contributed by atoms with Crippen LogP contribution in [0.2, 0.25) is 0 Å². The van der Waals surface area contributed by atoms with E-state index >= 15 is 0 Å². The van der Waals surface area contributed by atoms with Crippen LogP contribution in [-0.2, 0) is 19.6 Å². The van der Waals surface area contributed by atoms with Crippen molar-refractivity contribution in [1.82, 2.24) is 4.72 Å². The number of carbonyl (C=O) groups excluding carboxylic acids is 2. The van der Waals surface area contributed by atoms with Crippen LogP contribution in [0.15, 0.2) is 23.1 Å². The molecule has 7 nitrogen and oxygen atoms in total. The van der Waals surface area contributed by atoms with E-state index in [0.717, 1.165) is 4.90 Å². The van der Waals surface area contributed by atoms with Gasteiger partial charge in [-0.1, -0.05) is 6.92 Å². The van der Waals surface area contributed by atoms with Crippen LogP contribution in [0.4, 0.5) is 5.69 Å². The van der Waals surface area contributed by atoms with E-state index in [0.29, 0.717) is 0 Å². The third kappa shape index (κ3) is 2.91. The lowest BCUT2D eigenvalue weighted by Crippen LogP contribution is -2.29. The van der Waals surface area contributed by atoms with Crippen molar-refractivity contribution in [3.8, 4) is 5.75 Å². The quantitative estimate of drug-likeness (QED) is 0.806. The summed E-state index contributed by atoms with van der Waals surface area (Å²) in [6.07, 6.45) is 0.234. The van der Waals surface area contributed by atoms with Crippen LogP contribution >= 0.6 is 0 Å². The highest BCUT2D eigenvalue weighted by Gasteiger charge is 2.33. The van der Waals surface area contributed by atoms with Gasteiger partial charge < -0.3 is 4.74 Å². The zero-order valence-corrected chi connectivity index (χ0v) is 12.6. The first-order valence-corrected chi connectivity index (χ1v) is 7.92. The predicted molar refractivity (Wildman–Crippen MR) is 75.6 cm³/mol. The molecule has 1 aromatic rings. The van der Waals surface area contributed by atoms with E-state index in [9.17, 15) is 18.0 Å². The number of sulfonamides is 1. The van der Waals surface area contributed by atoms with E-state index in [2.05, 4.69) is 4.72 Å². The Kier molecular flexibility index (Phi) is 4.29. The van der Waals surface area contributed by atoms with Crippen LogP contribution in [0.3, 0.4) is 0 Å². The summed E-state index contributed by atoms with van der Waals surface area (Å²) in [4.78, 5) is 24.6. The summed E-state index contributed by atoms with van der Waals surface area (Å²) in [5.41, 5.74) is 0.156. The summed E-state index contributed by atoms with van der Waals surface area (Å²) in [7, 11) is -2.29. The number of amides is 2. The summed E-state index contributed by atoms with van der Waals surface area (Å²) in [5.74, 6) is -0.457. The lowest BCUT2D eigenvalue weighted by atomic mass is 10.2. The Morgan fingerprint density at radius 1 is 1.24 bits per heavy atom. The van der Waals surface area contributed by atoms with Gasteiger partial charge in [0.15, 0.2) is 0 Å². The maximum atomic E-state index is 12.0. The Morgan fingerprint density at radius 2 is 1.86 bits per heavy atom. The highest BCUT2D eigenvalue weighted by molar-refractivity contribution is 7.89. The molecular formula is C13H16N2O5S. The Labute approximate surface area is 122 Å². The Hall–Kier alpha value is -1.93. The number of nitrogens with one attached hydrogen (secondary N) is 1. The molecule has 0 bridgehead atoms. The summed E-state index contributed by atoms with van der Waals surface area (Å²) in [6, 6.07) is 4.07. The molecule has 1 N–H and O–H groups in total. The van der Waals surface area contributed by atoms with Gasteiger partial charge in [-0.3, -0.25) is 9.59 Å². The molecule has 114 valence electrons. The first kappa shape index (κ1) is 15.5. The number of rotatable bonds is 5. The predicted octanol–water partition coefficient (Wildman–Crippen LogP) is 0.647. The topological polar surface area (TPSA) is 92.8 Å². The monoisotopic (exact) mass is 312 g/mol. The minimum absolute atomic E-state index is 0.0207. The number of anilines is 1. The van der Waals surface area contributed by atoms with Gasteiger partial charge in [0.25, 0.3) is 0 Å². The van der Waals surface area contributed by atoms with Crippen LogP contribution in [0.5, 0.6) is 5.75 Å². The Balaban J connectivity index is 2.54. The van der Waals surface area contributed by atoms with Gasteiger partial charge in [-0.15, -0.1) is 0 Å². The molecule has 0 atom stereocenters. The maximum Gasteiger partial charge on any atom is 0.240 e. The average molecular weight is 312 g/mol. The highest BCUT2D eigenvalue weighted by Crippen LogP contribution is 2.34. The van der Waals surface area contributed by atoms with Crippen LogP contribution in [0, 0.1) is 0 Å². The Morgan fingerprint density at radius 3 is 2.38 bits per heavy atom. The van der Waals surface area contributed by atoms with E-state index in [1.807, 2.05) is 0 Å². The molecule has 1 aromatic carbocycles. The second-order valence-electron chi connectivity index (χ2n) is 4.46. The van der Waals surface area contributed by atoms with Gasteiger partial charge in [0.1, 0.15) is 5.75 Å². The van der Waals surface area contributed by atoms with E-state index in [-0.39, 0.29) is 47.5 Å². The van der Waals surface area contributed by atoms with Crippen molar-refractivity contribution >= 4 is 27.5 Å². The molecule has 1 aliphatic heterocycles. The highest BCUT2D eigenvalue weighted by atomic mass is 32.2. The number of ether oxygens (including phenoxy) is 1. The maximum absolute atomic E-state index is 12.0. The number of benzene rings is 1. The first-order valence-electron chi connectivity index (χ1n) is 6.44. The first-order chi connectivity index (χ1) is 9.90. The fourth-order valence-electron chi connectivity index (χ4n) is 2.13. The lowest BCUT2D eigenvalue weighted by molar-refractivity contribution is -0.121. The second-order valence-corrected chi connectivity index (χ2v) is 6.22. The van der Waals surface area contributed by atoms with Crippen LogP contribution in [0.1, 0.15) is 19.8 Å². The minimum Gasteiger partial charge on any atom is -0.495 e. The van der Waals surface area contributed by atoms with Gasteiger partial charge in [0.05, 0.1) is 17.7 Å². The van der Waals surface area contributed by atoms with E-state index in [1.54, 1.807) is 6.92 Å². The molecule has 8 heteroatoms. The zero-order chi connectivity index (χ0) is 15.6. The van der Waals surface area contributed by atoms with E-state index in [1.165, 1.54) is 25.3 Å². The van der Waals surface area contributed by atoms with Gasteiger partial charge in [0, 0.05) is 19.4 Å². The van der Waals surface area contributed by atoms with Crippen LogP contribution in [-0.4, -0.2) is 33.9 Å². The van der Waals surface area contributed by atoms with Gasteiger partial charge in [-0.2, -0.15) is 0 Å². The van der Waals surface area contributed by atoms with Gasteiger partial charge in [0.2, 0.25) is 21.8 Å². The number of imide groups is 1. The van der Waals surface area contributed by atoms with Crippen molar-refractivity contribution in [3.63, 3.8) is 0 Å². The number of carbonyl (C=O) groups is 2. The molecule has 0 radical (unpaired) electrons. The zero-order valence-electron chi connectivity index (χ0n) is 11.8. The van der Waals surface area contributed by atoms with Crippen molar-refractivity contribution in [3.05, 3.63) is 18.2 Å². The third-order valence-corrected chi connectivity index (χ3v) is 4.63. The molecule has 0 saturated carbocycles. The largest absolute Gasteiger partial charge is 0.495 e. The summed E-state index contributed by atoms with van der Waals surface area (Å²) < 4.78 is 31.5. The fourth-order valence-corrected chi connectivity index (χ4v) is 3.19. The molecule has 2 amide bonds. The summed E-state index contributed by atoms with van der Waals surface area (Å²) in [5, 5.41) is 0. The number of hydrogen-bond acceptors (Lipinski definition) is 5. The molecular weight excluding hydrogens is 296 g/mol. The van der Waals surface area contributed by atoms with Crippen molar-refractivity contribution in [2.45, 2.75) is 24.7 Å². The molecule has 1 heterocycles. The number of hydrogen-bond donors (Lipinski definition) is 1. The minimum atomic E-state index is -3.68. The van der Waals surface area contributed by atoms with Gasteiger partial charge in [-0.25, -0.2) is 18.0 Å². The molecule has 1 aliphatic rings. The number of methoxy groups -OCH3 is 1. The normalized spacial score (nSPS) is 15.6. The van der Waals surface area contributed by atoms with Crippen molar-refractivity contribution < 1.29 is 22.7 Å². The molecule has 0 aliphatic carbocycles. The smallest absolute Gasteiger partial charge is 0.240 e. The molecule has 1 fully saturated rings. The summed E-state index contributed by atoms with van der Waals surface area (Å²) in [6.45, 7) is 1.90. The Bertz CT molecular complexity index is 668. The van der Waals surface area contributed by atoms with Crippen LogP contribution < -0.4 is 14.4 Å². The molecule has 2 rings (SSSR count). The van der Waals surface area contributed by atoms with Crippen molar-refractivity contribution in [2.24, 2.45) is 0 Å². The molecule has 0 spiro atoms. The second kappa shape index (κ2) is 5.82. The lowest BCUT2D eigenvalue weighted by Gasteiger charge is -2.18. The van der Waals surface area contributed by atoms with Gasteiger partial charge >= 0.3 is 0 Å². The van der Waals surface area contributed by atoms with Crippen molar-refractivity contribution in [2.75, 3.05) is 18.6 Å². The molecule has 0 aromatic heterocycles. The van der Waals surface area contributed by atoms with E-state index < -0.39 is 10.0 Å². The average Bonchev–Trinajstić information content (AvgIpc) is 2.77. The number of nitrogens with zero attached hydrogens (tertiary/aromatic N) is 1. The molecule has 21 heavy (non-hydrogen) atoms. The SMILES string of the molecule is CCNS(=O)(=O)c1ccc(OC)c(N2C(=O)CCC2=O)c1. The molecule has 0 unspecified atom stereocenters. The van der Waals surface area contributed by atoms with Crippen LogP contribution in [0.25, 0.3) is 0 Å².